The summed E-state index contributed by atoms with van der Waals surface area (Å²) in [6.45, 7) is 2.29. The number of hydrogen-bond donors (Lipinski definition) is 2. The lowest BCUT2D eigenvalue weighted by Gasteiger charge is -2.15. The molecule has 0 radical (unpaired) electrons. The number of amides is 2. The molecule has 1 aromatic heterocycles. The van der Waals surface area contributed by atoms with Crippen molar-refractivity contribution in [2.24, 2.45) is 5.92 Å². The first-order chi connectivity index (χ1) is 9.44. The SMILES string of the molecule is C[C@H](Cc1ccco1)NC(=O)NC[C@H]1CCS(=O)(=O)C1. The molecule has 2 rings (SSSR count). The Labute approximate surface area is 118 Å². The lowest BCUT2D eigenvalue weighted by molar-refractivity contribution is 0.235. The van der Waals surface area contributed by atoms with Crippen LogP contribution in [0.5, 0.6) is 0 Å². The van der Waals surface area contributed by atoms with E-state index in [-0.39, 0.29) is 29.5 Å². The molecule has 112 valence electrons. The Morgan fingerprint density at radius 2 is 2.35 bits per heavy atom. The molecule has 7 heteroatoms. The second-order valence-corrected chi connectivity index (χ2v) is 7.54. The van der Waals surface area contributed by atoms with Gasteiger partial charge in [0.15, 0.2) is 9.84 Å². The van der Waals surface area contributed by atoms with Crippen molar-refractivity contribution in [1.82, 2.24) is 10.6 Å². The van der Waals surface area contributed by atoms with Crippen LogP contribution in [-0.4, -0.2) is 38.5 Å². The van der Waals surface area contributed by atoms with Gasteiger partial charge in [0.2, 0.25) is 0 Å². The van der Waals surface area contributed by atoms with Crippen molar-refractivity contribution >= 4 is 15.9 Å². The highest BCUT2D eigenvalue weighted by Gasteiger charge is 2.27. The summed E-state index contributed by atoms with van der Waals surface area (Å²) in [6.07, 6.45) is 2.85. The Morgan fingerprint density at radius 1 is 1.55 bits per heavy atom. The first-order valence-electron chi connectivity index (χ1n) is 6.72. The Kier molecular flexibility index (Phi) is 4.69. The topological polar surface area (TPSA) is 88.4 Å². The van der Waals surface area contributed by atoms with E-state index in [1.165, 1.54) is 0 Å². The zero-order chi connectivity index (χ0) is 14.6. The third-order valence-corrected chi connectivity index (χ3v) is 5.18. The molecule has 0 aromatic carbocycles. The maximum atomic E-state index is 11.7. The van der Waals surface area contributed by atoms with E-state index in [0.29, 0.717) is 19.4 Å². The number of nitrogens with one attached hydrogen (secondary N) is 2. The Morgan fingerprint density at radius 3 is 2.95 bits per heavy atom. The molecule has 20 heavy (non-hydrogen) atoms. The van der Waals surface area contributed by atoms with Crippen LogP contribution in [0.2, 0.25) is 0 Å². The Balaban J connectivity index is 1.68. The fraction of sp³-hybridized carbons (Fsp3) is 0.615. The summed E-state index contributed by atoms with van der Waals surface area (Å²) >= 11 is 0. The molecule has 1 aromatic rings. The quantitative estimate of drug-likeness (QED) is 0.847. The number of hydrogen-bond acceptors (Lipinski definition) is 4. The number of sulfone groups is 1. The molecular weight excluding hydrogens is 280 g/mol. The smallest absolute Gasteiger partial charge is 0.315 e. The lowest BCUT2D eigenvalue weighted by Crippen LogP contribution is -2.43. The normalized spacial score (nSPS) is 22.4. The fourth-order valence-corrected chi connectivity index (χ4v) is 4.19. The van der Waals surface area contributed by atoms with E-state index < -0.39 is 9.84 Å². The highest BCUT2D eigenvalue weighted by atomic mass is 32.2. The molecule has 0 unspecified atom stereocenters. The van der Waals surface area contributed by atoms with Crippen LogP contribution in [0.3, 0.4) is 0 Å². The van der Waals surface area contributed by atoms with Crippen LogP contribution >= 0.6 is 0 Å². The predicted octanol–water partition coefficient (Wildman–Crippen LogP) is 0.945. The van der Waals surface area contributed by atoms with Gasteiger partial charge in [0, 0.05) is 19.0 Å². The van der Waals surface area contributed by atoms with E-state index in [1.807, 2.05) is 19.1 Å². The summed E-state index contributed by atoms with van der Waals surface area (Å²) in [5.41, 5.74) is 0. The highest BCUT2D eigenvalue weighted by Crippen LogP contribution is 2.17. The highest BCUT2D eigenvalue weighted by molar-refractivity contribution is 7.91. The third kappa shape index (κ3) is 4.56. The third-order valence-electron chi connectivity index (χ3n) is 3.34. The second kappa shape index (κ2) is 6.30. The molecule has 2 N–H and O–H groups in total. The van der Waals surface area contributed by atoms with Crippen LogP contribution in [0.15, 0.2) is 22.8 Å². The molecule has 1 fully saturated rings. The summed E-state index contributed by atoms with van der Waals surface area (Å²) in [5.74, 6) is 1.26. The van der Waals surface area contributed by atoms with E-state index in [4.69, 9.17) is 4.42 Å². The molecule has 2 heterocycles. The monoisotopic (exact) mass is 300 g/mol. The van der Waals surface area contributed by atoms with Gasteiger partial charge >= 0.3 is 6.03 Å². The van der Waals surface area contributed by atoms with Gasteiger partial charge in [-0.3, -0.25) is 0 Å². The van der Waals surface area contributed by atoms with Gasteiger partial charge < -0.3 is 15.1 Å². The van der Waals surface area contributed by atoms with Gasteiger partial charge in [0.1, 0.15) is 5.76 Å². The average molecular weight is 300 g/mol. The molecule has 2 atom stereocenters. The summed E-state index contributed by atoms with van der Waals surface area (Å²) < 4.78 is 27.8. The van der Waals surface area contributed by atoms with E-state index in [1.54, 1.807) is 6.26 Å². The van der Waals surface area contributed by atoms with Crippen molar-refractivity contribution in [2.45, 2.75) is 25.8 Å². The van der Waals surface area contributed by atoms with Crippen molar-refractivity contribution in [3.05, 3.63) is 24.2 Å². The number of furan rings is 1. The Hall–Kier alpha value is -1.50. The van der Waals surface area contributed by atoms with Gasteiger partial charge in [-0.15, -0.1) is 0 Å². The zero-order valence-electron chi connectivity index (χ0n) is 11.5. The summed E-state index contributed by atoms with van der Waals surface area (Å²) in [5, 5.41) is 5.53. The number of urea groups is 1. The van der Waals surface area contributed by atoms with Crippen LogP contribution in [0.4, 0.5) is 4.79 Å². The molecule has 0 bridgehead atoms. The summed E-state index contributed by atoms with van der Waals surface area (Å²) in [7, 11) is -2.88. The average Bonchev–Trinajstić information content (AvgIpc) is 2.96. The molecule has 1 aliphatic rings. The van der Waals surface area contributed by atoms with Crippen LogP contribution in [-0.2, 0) is 16.3 Å². The summed E-state index contributed by atoms with van der Waals surface area (Å²) in [6, 6.07) is 3.35. The minimum absolute atomic E-state index is 0.0335. The molecule has 2 amide bonds. The van der Waals surface area contributed by atoms with Crippen molar-refractivity contribution in [3.63, 3.8) is 0 Å². The van der Waals surface area contributed by atoms with Gasteiger partial charge in [-0.2, -0.15) is 0 Å². The van der Waals surface area contributed by atoms with Gasteiger partial charge in [-0.25, -0.2) is 13.2 Å². The van der Waals surface area contributed by atoms with E-state index >= 15 is 0 Å². The minimum Gasteiger partial charge on any atom is -0.469 e. The molecule has 6 nitrogen and oxygen atoms in total. The minimum atomic E-state index is -2.88. The number of carbonyl (C=O) groups is 1. The van der Waals surface area contributed by atoms with Crippen LogP contribution < -0.4 is 10.6 Å². The fourth-order valence-electron chi connectivity index (χ4n) is 2.33. The molecule has 0 saturated carbocycles. The first kappa shape index (κ1) is 14.9. The molecule has 0 aliphatic carbocycles. The van der Waals surface area contributed by atoms with Gasteiger partial charge in [0.05, 0.1) is 17.8 Å². The molecule has 0 spiro atoms. The van der Waals surface area contributed by atoms with Crippen molar-refractivity contribution < 1.29 is 17.6 Å². The van der Waals surface area contributed by atoms with E-state index in [2.05, 4.69) is 10.6 Å². The van der Waals surface area contributed by atoms with Gasteiger partial charge in [-0.1, -0.05) is 0 Å². The maximum absolute atomic E-state index is 11.7. The standard InChI is InChI=1S/C13H20N2O4S/c1-10(7-12-3-2-5-19-12)15-13(16)14-8-11-4-6-20(17,18)9-11/h2-3,5,10-11H,4,6-9H2,1H3,(H2,14,15,16)/t10-,11-/m1/s1. The van der Waals surface area contributed by atoms with Gasteiger partial charge in [-0.05, 0) is 31.4 Å². The predicted molar refractivity (Wildman–Crippen MR) is 75.2 cm³/mol. The summed E-state index contributed by atoms with van der Waals surface area (Å²) in [4.78, 5) is 11.7. The molecular formula is C13H20N2O4S. The maximum Gasteiger partial charge on any atom is 0.315 e. The van der Waals surface area contributed by atoms with Crippen LogP contribution in [0.25, 0.3) is 0 Å². The number of rotatable bonds is 5. The largest absolute Gasteiger partial charge is 0.469 e. The van der Waals surface area contributed by atoms with Crippen molar-refractivity contribution in [1.29, 1.82) is 0 Å². The second-order valence-electron chi connectivity index (χ2n) is 5.31. The Bertz CT molecular complexity index is 539. The molecule has 1 aliphatic heterocycles. The van der Waals surface area contributed by atoms with Crippen molar-refractivity contribution in [3.8, 4) is 0 Å². The lowest BCUT2D eigenvalue weighted by atomic mass is 10.1. The number of carbonyl (C=O) groups excluding carboxylic acids is 1. The van der Waals surface area contributed by atoms with Crippen LogP contribution in [0, 0.1) is 5.92 Å². The van der Waals surface area contributed by atoms with Crippen LogP contribution in [0.1, 0.15) is 19.1 Å². The van der Waals surface area contributed by atoms with E-state index in [9.17, 15) is 13.2 Å². The first-order valence-corrected chi connectivity index (χ1v) is 8.54. The van der Waals surface area contributed by atoms with Crippen molar-refractivity contribution in [2.75, 3.05) is 18.1 Å². The molecule has 1 saturated heterocycles. The van der Waals surface area contributed by atoms with Gasteiger partial charge in [0.25, 0.3) is 0 Å². The van der Waals surface area contributed by atoms with E-state index in [0.717, 1.165) is 5.76 Å². The zero-order valence-corrected chi connectivity index (χ0v) is 12.3.